The fraction of sp³-hybridized carbons (Fsp3) is 0.125. The molecule has 1 heterocycles. The first-order valence-corrected chi connectivity index (χ1v) is 7.18. The lowest BCUT2D eigenvalue weighted by molar-refractivity contribution is -0.132. The molecule has 0 saturated heterocycles. The number of aromatic nitrogens is 2. The van der Waals surface area contributed by atoms with Gasteiger partial charge < -0.3 is 21.9 Å². The molecule has 6 N–H and O–H groups in total. The molecule has 9 heteroatoms. The lowest BCUT2D eigenvalue weighted by Gasteiger charge is -2.07. The number of hydrogen-bond acceptors (Lipinski definition) is 6. The number of benzene rings is 1. The molecule has 0 aliphatic heterocycles. The van der Waals surface area contributed by atoms with E-state index in [0.29, 0.717) is 0 Å². The molecule has 2 rings (SSSR count). The van der Waals surface area contributed by atoms with Crippen molar-refractivity contribution in [2.24, 2.45) is 0 Å². The van der Waals surface area contributed by atoms with Crippen molar-refractivity contribution in [3.63, 3.8) is 0 Å². The highest BCUT2D eigenvalue weighted by Gasteiger charge is 2.19. The number of anilines is 2. The van der Waals surface area contributed by atoms with Crippen LogP contribution in [0.3, 0.4) is 0 Å². The Labute approximate surface area is 142 Å². The van der Waals surface area contributed by atoms with Crippen LogP contribution in [0.1, 0.15) is 33.2 Å². The molecule has 25 heavy (non-hydrogen) atoms. The van der Waals surface area contributed by atoms with Crippen molar-refractivity contribution in [1.29, 1.82) is 0 Å². The van der Waals surface area contributed by atoms with Gasteiger partial charge in [0.25, 0.3) is 5.91 Å². The van der Waals surface area contributed by atoms with E-state index in [1.54, 1.807) is 24.3 Å². The van der Waals surface area contributed by atoms with E-state index in [2.05, 4.69) is 10.4 Å². The Morgan fingerprint density at radius 1 is 1.20 bits per heavy atom. The number of carboxylic acid groups (broad SMARTS) is 1. The smallest absolute Gasteiger partial charge is 0.352 e. The van der Waals surface area contributed by atoms with Crippen LogP contribution in [0.4, 0.5) is 11.6 Å². The highest BCUT2D eigenvalue weighted by atomic mass is 16.4. The lowest BCUT2D eigenvalue weighted by Crippen LogP contribution is -2.27. The molecule has 1 aromatic heterocycles. The van der Waals surface area contributed by atoms with E-state index >= 15 is 0 Å². The van der Waals surface area contributed by atoms with Crippen LogP contribution in [-0.4, -0.2) is 32.7 Å². The van der Waals surface area contributed by atoms with E-state index in [0.717, 1.165) is 16.3 Å². The van der Waals surface area contributed by atoms with Gasteiger partial charge in [0.1, 0.15) is 11.5 Å². The maximum atomic E-state index is 12.2. The van der Waals surface area contributed by atoms with Crippen molar-refractivity contribution in [2.45, 2.75) is 13.8 Å². The third kappa shape index (κ3) is 3.83. The van der Waals surface area contributed by atoms with Crippen LogP contribution >= 0.6 is 0 Å². The van der Waals surface area contributed by atoms with Crippen molar-refractivity contribution in [3.05, 3.63) is 46.7 Å². The van der Waals surface area contributed by atoms with Crippen LogP contribution in [0, 0.1) is 6.92 Å². The molecule has 0 unspecified atom stereocenters. The normalized spacial score (nSPS) is 11.2. The number of carbonyl (C=O) groups excluding carboxylic acids is 2. The molecule has 2 aromatic rings. The summed E-state index contributed by atoms with van der Waals surface area (Å²) in [5.41, 5.74) is 12.3. The Morgan fingerprint density at radius 3 is 2.28 bits per heavy atom. The van der Waals surface area contributed by atoms with Crippen molar-refractivity contribution in [2.75, 3.05) is 11.5 Å². The molecule has 0 radical (unpaired) electrons. The Bertz CT molecular complexity index is 881. The molecule has 0 spiro atoms. The van der Waals surface area contributed by atoms with Gasteiger partial charge in [-0.1, -0.05) is 17.7 Å². The second-order valence-electron chi connectivity index (χ2n) is 5.30. The number of nitrogens with two attached hydrogens (primary N) is 2. The summed E-state index contributed by atoms with van der Waals surface area (Å²) in [6, 6.07) is 6.60. The standard InChI is InChI=1S/C16H17N5O4/c1-8-3-5-10(6-4-8)15(23)19-12(16(24)25)7-11-13(17)20-21(9(2)22)14(11)18/h3-7H,18H2,1-2H3,(H2,17,20)(H,19,23)(H,24,25)/b12-7+. The van der Waals surface area contributed by atoms with Crippen molar-refractivity contribution >= 4 is 35.5 Å². The number of nitrogen functional groups attached to an aromatic ring is 2. The van der Waals surface area contributed by atoms with E-state index in [1.165, 1.54) is 6.92 Å². The molecule has 130 valence electrons. The van der Waals surface area contributed by atoms with Crippen LogP contribution < -0.4 is 16.8 Å². The van der Waals surface area contributed by atoms with Gasteiger partial charge in [0, 0.05) is 12.5 Å². The minimum atomic E-state index is -1.39. The molecular weight excluding hydrogens is 326 g/mol. The van der Waals surface area contributed by atoms with Crippen molar-refractivity contribution in [1.82, 2.24) is 15.1 Å². The van der Waals surface area contributed by atoms with Crippen LogP contribution in [0.5, 0.6) is 0 Å². The first-order chi connectivity index (χ1) is 11.7. The quantitative estimate of drug-likeness (QED) is 0.601. The third-order valence-corrected chi connectivity index (χ3v) is 3.37. The van der Waals surface area contributed by atoms with Crippen LogP contribution in [0.15, 0.2) is 30.0 Å². The summed E-state index contributed by atoms with van der Waals surface area (Å²) < 4.78 is 0.850. The highest BCUT2D eigenvalue weighted by Crippen LogP contribution is 2.22. The van der Waals surface area contributed by atoms with Gasteiger partial charge in [-0.2, -0.15) is 4.68 Å². The molecule has 9 nitrogen and oxygen atoms in total. The first-order valence-electron chi connectivity index (χ1n) is 7.18. The fourth-order valence-corrected chi connectivity index (χ4v) is 2.04. The largest absolute Gasteiger partial charge is 0.477 e. The summed E-state index contributed by atoms with van der Waals surface area (Å²) in [6.07, 6.45) is 1.06. The van der Waals surface area contributed by atoms with Gasteiger partial charge in [-0.15, -0.1) is 5.10 Å². The minimum absolute atomic E-state index is 0.0387. The molecule has 0 fully saturated rings. The van der Waals surface area contributed by atoms with Gasteiger partial charge in [0.2, 0.25) is 5.91 Å². The molecule has 0 bridgehead atoms. The topological polar surface area (TPSA) is 153 Å². The van der Waals surface area contributed by atoms with Gasteiger partial charge in [-0.3, -0.25) is 9.59 Å². The van der Waals surface area contributed by atoms with Gasteiger partial charge in [-0.05, 0) is 25.1 Å². The fourth-order valence-electron chi connectivity index (χ4n) is 2.04. The molecular formula is C16H17N5O4. The number of amides is 1. The number of rotatable bonds is 4. The molecule has 0 atom stereocenters. The van der Waals surface area contributed by atoms with E-state index in [4.69, 9.17) is 11.5 Å². The van der Waals surface area contributed by atoms with E-state index in [9.17, 15) is 19.5 Å². The van der Waals surface area contributed by atoms with Crippen molar-refractivity contribution in [3.8, 4) is 0 Å². The van der Waals surface area contributed by atoms with Crippen LogP contribution in [0.25, 0.3) is 6.08 Å². The Morgan fingerprint density at radius 2 is 1.80 bits per heavy atom. The van der Waals surface area contributed by atoms with Crippen molar-refractivity contribution < 1.29 is 19.5 Å². The SMILES string of the molecule is CC(=O)n1nc(N)c(/C=C(/NC(=O)c2ccc(C)cc2)C(=O)O)c1N. The third-order valence-electron chi connectivity index (χ3n) is 3.37. The number of aliphatic carboxylic acids is 1. The number of carbonyl (C=O) groups is 3. The van der Waals surface area contributed by atoms with Gasteiger partial charge in [0.05, 0.1) is 5.56 Å². The second-order valence-corrected chi connectivity index (χ2v) is 5.30. The second kappa shape index (κ2) is 6.87. The molecule has 0 aliphatic carbocycles. The predicted molar refractivity (Wildman–Crippen MR) is 91.6 cm³/mol. The zero-order valence-electron chi connectivity index (χ0n) is 13.6. The average Bonchev–Trinajstić information content (AvgIpc) is 2.82. The maximum Gasteiger partial charge on any atom is 0.352 e. The molecule has 0 saturated carbocycles. The van der Waals surface area contributed by atoms with E-state index in [1.807, 2.05) is 6.92 Å². The van der Waals surface area contributed by atoms with Gasteiger partial charge in [-0.25, -0.2) is 4.79 Å². The molecule has 1 amide bonds. The summed E-state index contributed by atoms with van der Waals surface area (Å²) in [5, 5.41) is 15.3. The first kappa shape index (κ1) is 17.7. The highest BCUT2D eigenvalue weighted by molar-refractivity contribution is 6.03. The Balaban J connectivity index is 2.37. The summed E-state index contributed by atoms with van der Waals surface area (Å²) >= 11 is 0. The van der Waals surface area contributed by atoms with Crippen LogP contribution in [-0.2, 0) is 4.79 Å². The Kier molecular flexibility index (Phi) is 4.87. The minimum Gasteiger partial charge on any atom is -0.477 e. The molecule has 1 aromatic carbocycles. The van der Waals surface area contributed by atoms with Crippen LogP contribution in [0.2, 0.25) is 0 Å². The van der Waals surface area contributed by atoms with Gasteiger partial charge >= 0.3 is 5.97 Å². The maximum absolute atomic E-state index is 12.2. The number of nitrogens with one attached hydrogen (secondary N) is 1. The number of carboxylic acids is 1. The average molecular weight is 343 g/mol. The predicted octanol–water partition coefficient (Wildman–Crippen LogP) is 0.872. The lowest BCUT2D eigenvalue weighted by atomic mass is 10.1. The molecule has 0 aliphatic rings. The summed E-state index contributed by atoms with van der Waals surface area (Å²) in [6.45, 7) is 3.09. The Hall–Kier alpha value is -3.62. The summed E-state index contributed by atoms with van der Waals surface area (Å²) in [5.74, 6) is -2.73. The van der Waals surface area contributed by atoms with E-state index in [-0.39, 0.29) is 22.8 Å². The summed E-state index contributed by atoms with van der Waals surface area (Å²) in [7, 11) is 0. The number of nitrogens with zero attached hydrogens (tertiary/aromatic N) is 2. The number of hydrogen-bond donors (Lipinski definition) is 4. The van der Waals surface area contributed by atoms with E-state index < -0.39 is 23.5 Å². The zero-order chi connectivity index (χ0) is 18.7. The number of aryl methyl sites for hydroxylation is 1. The summed E-state index contributed by atoms with van der Waals surface area (Å²) in [4.78, 5) is 35.0. The zero-order valence-corrected chi connectivity index (χ0v) is 13.6. The van der Waals surface area contributed by atoms with Gasteiger partial charge in [0.15, 0.2) is 5.82 Å². The monoisotopic (exact) mass is 343 g/mol.